The van der Waals surface area contributed by atoms with Crippen LogP contribution in [0.1, 0.15) is 26.5 Å². The highest BCUT2D eigenvalue weighted by atomic mass is 16.3. The van der Waals surface area contributed by atoms with Crippen molar-refractivity contribution in [1.29, 1.82) is 0 Å². The van der Waals surface area contributed by atoms with Crippen molar-refractivity contribution in [2.75, 3.05) is 13.1 Å². The van der Waals surface area contributed by atoms with E-state index in [2.05, 4.69) is 31.2 Å². The zero-order valence-corrected chi connectivity index (χ0v) is 10.8. The summed E-state index contributed by atoms with van der Waals surface area (Å²) in [6, 6.07) is 3.82. The predicted molar refractivity (Wildman–Crippen MR) is 69.3 cm³/mol. The fourth-order valence-corrected chi connectivity index (χ4v) is 1.43. The van der Waals surface area contributed by atoms with Gasteiger partial charge >= 0.3 is 0 Å². The molecule has 0 fully saturated rings. The van der Waals surface area contributed by atoms with Crippen molar-refractivity contribution in [1.82, 2.24) is 10.3 Å². The third-order valence-corrected chi connectivity index (χ3v) is 2.34. The smallest absolute Gasteiger partial charge is 0.208 e. The van der Waals surface area contributed by atoms with E-state index in [1.807, 2.05) is 17.0 Å². The van der Waals surface area contributed by atoms with E-state index in [-0.39, 0.29) is 0 Å². The van der Waals surface area contributed by atoms with Gasteiger partial charge in [0.15, 0.2) is 0 Å². The average molecular weight is 238 g/mol. The molecular formula is C12H22N4O. The Morgan fingerprint density at radius 2 is 2.35 bits per heavy atom. The molecule has 0 amide bonds. The number of hydrazine groups is 1. The van der Waals surface area contributed by atoms with Crippen LogP contribution in [0.2, 0.25) is 0 Å². The van der Waals surface area contributed by atoms with Crippen molar-refractivity contribution in [3.63, 3.8) is 0 Å². The molecule has 0 saturated heterocycles. The van der Waals surface area contributed by atoms with Gasteiger partial charge in [-0.3, -0.25) is 10.4 Å². The van der Waals surface area contributed by atoms with Gasteiger partial charge in [0.2, 0.25) is 5.96 Å². The topological polar surface area (TPSA) is 66.8 Å². The third-order valence-electron chi connectivity index (χ3n) is 2.34. The number of hydrogen-bond donors (Lipinski definition) is 2. The molecule has 0 unspecified atom stereocenters. The van der Waals surface area contributed by atoms with Gasteiger partial charge in [0.05, 0.1) is 12.8 Å². The van der Waals surface area contributed by atoms with Crippen LogP contribution >= 0.6 is 0 Å². The average Bonchev–Trinajstić information content (AvgIpc) is 2.80. The van der Waals surface area contributed by atoms with Crippen LogP contribution in [-0.2, 0) is 6.54 Å². The normalized spacial score (nSPS) is 11.9. The van der Waals surface area contributed by atoms with E-state index in [0.29, 0.717) is 18.4 Å². The minimum absolute atomic E-state index is 0.515. The summed E-state index contributed by atoms with van der Waals surface area (Å²) in [7, 11) is 0. The molecule has 0 spiro atoms. The molecule has 5 nitrogen and oxygen atoms in total. The van der Waals surface area contributed by atoms with Crippen molar-refractivity contribution in [3.05, 3.63) is 24.2 Å². The zero-order valence-electron chi connectivity index (χ0n) is 10.8. The van der Waals surface area contributed by atoms with Crippen molar-refractivity contribution >= 4 is 5.96 Å². The molecule has 5 heteroatoms. The van der Waals surface area contributed by atoms with Gasteiger partial charge in [0.1, 0.15) is 5.76 Å². The third kappa shape index (κ3) is 4.48. The molecule has 0 aromatic carbocycles. The van der Waals surface area contributed by atoms with Gasteiger partial charge < -0.3 is 9.32 Å². The van der Waals surface area contributed by atoms with E-state index in [1.165, 1.54) is 0 Å². The number of furan rings is 1. The molecule has 0 atom stereocenters. The Hall–Kier alpha value is -1.49. The summed E-state index contributed by atoms with van der Waals surface area (Å²) in [6.45, 7) is 8.56. The molecule has 0 bridgehead atoms. The lowest BCUT2D eigenvalue weighted by Crippen LogP contribution is -2.44. The maximum absolute atomic E-state index is 5.51. The Bertz CT molecular complexity index is 332. The van der Waals surface area contributed by atoms with Crippen LogP contribution in [-0.4, -0.2) is 23.9 Å². The fourth-order valence-electron chi connectivity index (χ4n) is 1.43. The molecule has 0 aliphatic rings. The largest absolute Gasteiger partial charge is 0.467 e. The number of nitrogens with zero attached hydrogens (tertiary/aromatic N) is 2. The quantitative estimate of drug-likeness (QED) is 0.354. The number of guanidine groups is 1. The number of rotatable bonds is 5. The molecule has 96 valence electrons. The van der Waals surface area contributed by atoms with Crippen molar-refractivity contribution < 1.29 is 4.42 Å². The summed E-state index contributed by atoms with van der Waals surface area (Å²) in [5.74, 6) is 7.63. The van der Waals surface area contributed by atoms with Crippen LogP contribution < -0.4 is 11.3 Å². The lowest BCUT2D eigenvalue weighted by atomic mass is 10.2. The number of nitrogens with one attached hydrogen (secondary N) is 1. The summed E-state index contributed by atoms with van der Waals surface area (Å²) < 4.78 is 5.32. The summed E-state index contributed by atoms with van der Waals surface area (Å²) in [6.07, 6.45) is 1.67. The predicted octanol–water partition coefficient (Wildman–Crippen LogP) is 1.58. The first kappa shape index (κ1) is 13.6. The highest BCUT2D eigenvalue weighted by Crippen LogP contribution is 2.05. The highest BCUT2D eigenvalue weighted by Gasteiger charge is 2.10. The number of hydrogen-bond acceptors (Lipinski definition) is 3. The molecule has 0 aliphatic carbocycles. The first-order valence-corrected chi connectivity index (χ1v) is 5.95. The lowest BCUT2D eigenvalue weighted by Gasteiger charge is -2.23. The van der Waals surface area contributed by atoms with E-state index < -0.39 is 0 Å². The highest BCUT2D eigenvalue weighted by molar-refractivity contribution is 5.79. The summed E-state index contributed by atoms with van der Waals surface area (Å²) in [5, 5.41) is 0. The van der Waals surface area contributed by atoms with Gasteiger partial charge in [-0.15, -0.1) is 0 Å². The number of nitrogens with two attached hydrogens (primary N) is 1. The molecule has 0 saturated carbocycles. The van der Waals surface area contributed by atoms with Gasteiger partial charge in [-0.2, -0.15) is 0 Å². The Morgan fingerprint density at radius 1 is 1.59 bits per heavy atom. The standard InChI is InChI=1S/C12H22N4O/c1-4-16(9-11-6-5-7-17-11)12(15-13)14-8-10(2)3/h5-7,10H,4,8-9,13H2,1-3H3,(H,14,15). The van der Waals surface area contributed by atoms with Crippen LogP contribution in [0.25, 0.3) is 0 Å². The SMILES string of the molecule is CCN(Cc1ccco1)C(=NCC(C)C)NN. The Kier molecular flexibility index (Phi) is 5.56. The van der Waals surface area contributed by atoms with E-state index in [9.17, 15) is 0 Å². The van der Waals surface area contributed by atoms with Crippen LogP contribution in [0.3, 0.4) is 0 Å². The van der Waals surface area contributed by atoms with E-state index in [1.54, 1.807) is 6.26 Å². The van der Waals surface area contributed by atoms with E-state index >= 15 is 0 Å². The Labute approximate surface area is 103 Å². The van der Waals surface area contributed by atoms with Crippen LogP contribution in [0.15, 0.2) is 27.8 Å². The van der Waals surface area contributed by atoms with Crippen LogP contribution in [0.4, 0.5) is 0 Å². The number of aliphatic imine (C=N–C) groups is 1. The molecular weight excluding hydrogens is 216 g/mol. The second-order valence-electron chi connectivity index (χ2n) is 4.30. The summed E-state index contributed by atoms with van der Waals surface area (Å²) >= 11 is 0. The summed E-state index contributed by atoms with van der Waals surface area (Å²) in [4.78, 5) is 6.50. The van der Waals surface area contributed by atoms with Crippen molar-refractivity contribution in [2.24, 2.45) is 16.8 Å². The zero-order chi connectivity index (χ0) is 12.7. The minimum Gasteiger partial charge on any atom is -0.467 e. The lowest BCUT2D eigenvalue weighted by molar-refractivity contribution is 0.363. The molecule has 1 heterocycles. The second-order valence-corrected chi connectivity index (χ2v) is 4.30. The molecule has 1 aromatic rings. The van der Waals surface area contributed by atoms with Crippen LogP contribution in [0, 0.1) is 5.92 Å². The van der Waals surface area contributed by atoms with E-state index in [4.69, 9.17) is 10.3 Å². The Morgan fingerprint density at radius 3 is 2.82 bits per heavy atom. The van der Waals surface area contributed by atoms with Gasteiger partial charge in [-0.1, -0.05) is 13.8 Å². The Balaban J connectivity index is 2.66. The maximum Gasteiger partial charge on any atom is 0.208 e. The molecule has 0 aliphatic heterocycles. The minimum atomic E-state index is 0.515. The van der Waals surface area contributed by atoms with Crippen LogP contribution in [0.5, 0.6) is 0 Å². The fraction of sp³-hybridized carbons (Fsp3) is 0.583. The molecule has 1 aromatic heterocycles. The first-order chi connectivity index (χ1) is 8.17. The second kappa shape index (κ2) is 6.96. The first-order valence-electron chi connectivity index (χ1n) is 5.95. The summed E-state index contributed by atoms with van der Waals surface area (Å²) in [5.41, 5.74) is 2.66. The maximum atomic E-state index is 5.51. The molecule has 3 N–H and O–H groups in total. The van der Waals surface area contributed by atoms with E-state index in [0.717, 1.165) is 18.8 Å². The van der Waals surface area contributed by atoms with Gasteiger partial charge in [0.25, 0.3) is 0 Å². The molecule has 17 heavy (non-hydrogen) atoms. The molecule has 0 radical (unpaired) electrons. The monoisotopic (exact) mass is 238 g/mol. The van der Waals surface area contributed by atoms with Crippen molar-refractivity contribution in [3.8, 4) is 0 Å². The van der Waals surface area contributed by atoms with Gasteiger partial charge in [-0.25, -0.2) is 5.84 Å². The molecule has 1 rings (SSSR count). The van der Waals surface area contributed by atoms with Gasteiger partial charge in [-0.05, 0) is 25.0 Å². The van der Waals surface area contributed by atoms with Gasteiger partial charge in [0, 0.05) is 13.1 Å². The van der Waals surface area contributed by atoms with Crippen molar-refractivity contribution in [2.45, 2.75) is 27.3 Å².